The molecule has 4 nitrogen and oxygen atoms in total. The number of hydrogen-bond acceptors (Lipinski definition) is 3. The number of aryl methyl sites for hydroxylation is 2. The number of nitrogens with zero attached hydrogens (tertiary/aromatic N) is 1. The van der Waals surface area contributed by atoms with E-state index in [9.17, 15) is 0 Å². The van der Waals surface area contributed by atoms with E-state index in [0.29, 0.717) is 0 Å². The number of para-hydroxylation sites is 1. The maximum Gasteiger partial charge on any atom is 0.235 e. The number of benzene rings is 5. The van der Waals surface area contributed by atoms with E-state index >= 15 is 4.57 Å². The van der Waals surface area contributed by atoms with Gasteiger partial charge in [-0.2, -0.15) is 0 Å². The molecule has 0 radical (unpaired) electrons. The van der Waals surface area contributed by atoms with Gasteiger partial charge in [-0.25, -0.2) is 0 Å². The zero-order valence-electron chi connectivity index (χ0n) is 23.7. The molecule has 0 fully saturated rings. The van der Waals surface area contributed by atoms with E-state index < -0.39 is 7.29 Å². The molecule has 0 aromatic heterocycles. The molecule has 1 aliphatic rings. The predicted molar refractivity (Wildman–Crippen MR) is 170 cm³/mol. The Kier molecular flexibility index (Phi) is 7.03. The van der Waals surface area contributed by atoms with Crippen LogP contribution >= 0.6 is 7.29 Å². The van der Waals surface area contributed by atoms with Crippen LogP contribution in [-0.4, -0.2) is 14.2 Å². The summed E-state index contributed by atoms with van der Waals surface area (Å²) in [6.45, 7) is 4.11. The molecule has 204 valence electrons. The number of rotatable bonds is 6. The third-order valence-corrected chi connectivity index (χ3v) is 11.1. The Morgan fingerprint density at radius 2 is 1.15 bits per heavy atom. The minimum Gasteiger partial charge on any atom is -0.497 e. The Morgan fingerprint density at radius 3 is 1.76 bits per heavy atom. The summed E-state index contributed by atoms with van der Waals surface area (Å²) in [6, 6.07) is 40.5. The summed E-state index contributed by atoms with van der Waals surface area (Å²) >= 11 is 0. The predicted octanol–water partition coefficient (Wildman–Crippen LogP) is 7.99. The highest BCUT2D eigenvalue weighted by Crippen LogP contribution is 2.61. The first-order valence-electron chi connectivity index (χ1n) is 13.6. The molecule has 5 heteroatoms. The van der Waals surface area contributed by atoms with Crippen LogP contribution < -0.4 is 24.8 Å². The van der Waals surface area contributed by atoms with Crippen molar-refractivity contribution >= 4 is 34.9 Å². The number of hydrogen-bond donors (Lipinski definition) is 0. The Labute approximate surface area is 241 Å². The minimum atomic E-state index is -3.46. The average molecular weight is 558 g/mol. The second kappa shape index (κ2) is 10.8. The molecule has 0 N–H and O–H groups in total. The molecule has 5 aromatic rings. The average Bonchev–Trinajstić information content (AvgIpc) is 3.01. The zero-order valence-corrected chi connectivity index (χ0v) is 24.6. The van der Waals surface area contributed by atoms with E-state index in [-0.39, 0.29) is 0 Å². The molecule has 6 rings (SSSR count). The fourth-order valence-corrected chi connectivity index (χ4v) is 9.31. The van der Waals surface area contributed by atoms with E-state index in [1.165, 1.54) is 0 Å². The third-order valence-electron chi connectivity index (χ3n) is 7.73. The summed E-state index contributed by atoms with van der Waals surface area (Å²) in [4.78, 5) is 0. The lowest BCUT2D eigenvalue weighted by Crippen LogP contribution is -2.39. The Balaban J connectivity index is 1.81. The first kappa shape index (κ1) is 26.7. The van der Waals surface area contributed by atoms with Crippen LogP contribution in [0.5, 0.6) is 11.5 Å². The molecule has 0 amide bonds. The topological polar surface area (TPSA) is 38.8 Å². The molecule has 1 heterocycles. The van der Waals surface area contributed by atoms with Gasteiger partial charge in [-0.05, 0) is 96.3 Å². The van der Waals surface area contributed by atoms with Crippen molar-refractivity contribution in [3.63, 3.8) is 0 Å². The van der Waals surface area contributed by atoms with Crippen LogP contribution in [0.2, 0.25) is 0 Å². The Bertz CT molecular complexity index is 1790. The van der Waals surface area contributed by atoms with Crippen LogP contribution in [0.25, 0.3) is 11.3 Å². The number of ether oxygens (including phenoxy) is 2. The highest BCUT2D eigenvalue weighted by molar-refractivity contribution is 7.81. The first-order valence-corrected chi connectivity index (χ1v) is 15.3. The summed E-state index contributed by atoms with van der Waals surface area (Å²) in [5.41, 5.74) is 7.68. The molecule has 0 bridgehead atoms. The first-order chi connectivity index (χ1) is 20.0. The molecular weight excluding hydrogens is 525 g/mol. The lowest BCUT2D eigenvalue weighted by Gasteiger charge is -2.43. The van der Waals surface area contributed by atoms with Crippen LogP contribution in [0.3, 0.4) is 0 Å². The number of methoxy groups -OCH3 is 2. The van der Waals surface area contributed by atoms with Crippen LogP contribution in [0.4, 0.5) is 5.69 Å². The van der Waals surface area contributed by atoms with Gasteiger partial charge in [0.25, 0.3) is 0 Å². The Hall–Kier alpha value is -4.53. The van der Waals surface area contributed by atoms with E-state index in [1.54, 1.807) is 14.2 Å². The van der Waals surface area contributed by atoms with Gasteiger partial charge < -0.3 is 9.47 Å². The fourth-order valence-electron chi connectivity index (χ4n) is 5.80. The maximum absolute atomic E-state index is 16.3. The van der Waals surface area contributed by atoms with Crippen molar-refractivity contribution in [2.24, 2.45) is 0 Å². The van der Waals surface area contributed by atoms with Gasteiger partial charge in [0.1, 0.15) is 11.5 Å². The lowest BCUT2D eigenvalue weighted by atomic mass is 9.91. The van der Waals surface area contributed by atoms with E-state index in [0.717, 1.165) is 66.9 Å². The van der Waals surface area contributed by atoms with Gasteiger partial charge in [-0.3, -0.25) is 9.24 Å². The van der Waals surface area contributed by atoms with Crippen LogP contribution in [-0.2, 0) is 4.57 Å². The van der Waals surface area contributed by atoms with E-state index in [2.05, 4.69) is 54.1 Å². The van der Waals surface area contributed by atoms with Gasteiger partial charge in [0.05, 0.1) is 19.9 Å². The number of fused-ring (bicyclic) bond motifs is 1. The molecule has 1 unspecified atom stereocenters. The molecule has 41 heavy (non-hydrogen) atoms. The second-order valence-corrected chi connectivity index (χ2v) is 12.6. The van der Waals surface area contributed by atoms with Gasteiger partial charge >= 0.3 is 0 Å². The van der Waals surface area contributed by atoms with Crippen LogP contribution in [0.1, 0.15) is 27.8 Å². The van der Waals surface area contributed by atoms with Crippen molar-refractivity contribution in [3.05, 3.63) is 149 Å². The monoisotopic (exact) mass is 557 g/mol. The SMILES string of the molecule is COc1ccc(C2=C(c3ccc(OC)cc3)N(c3ccccc3)P(=O)(c3ccccc3C)c3c(C)cccc32)cc1. The van der Waals surface area contributed by atoms with Gasteiger partial charge in [0.2, 0.25) is 7.29 Å². The smallest absolute Gasteiger partial charge is 0.235 e. The minimum absolute atomic E-state index is 0.765. The van der Waals surface area contributed by atoms with E-state index in [1.807, 2.05) is 85.8 Å². The van der Waals surface area contributed by atoms with Crippen LogP contribution in [0, 0.1) is 13.8 Å². The summed E-state index contributed by atoms with van der Waals surface area (Å²) < 4.78 is 29.4. The highest BCUT2D eigenvalue weighted by Gasteiger charge is 2.46. The molecule has 0 saturated carbocycles. The summed E-state index contributed by atoms with van der Waals surface area (Å²) in [5, 5.41) is 1.69. The molecule has 0 saturated heterocycles. The molecule has 5 aromatic carbocycles. The van der Waals surface area contributed by atoms with Crippen molar-refractivity contribution in [2.45, 2.75) is 13.8 Å². The lowest BCUT2D eigenvalue weighted by molar-refractivity contribution is 0.414. The van der Waals surface area contributed by atoms with Crippen LogP contribution in [0.15, 0.2) is 121 Å². The van der Waals surface area contributed by atoms with E-state index in [4.69, 9.17) is 9.47 Å². The molecular formula is C36H32NO3P. The van der Waals surface area contributed by atoms with Gasteiger partial charge in [0.15, 0.2) is 0 Å². The molecule has 0 spiro atoms. The van der Waals surface area contributed by atoms with Crippen molar-refractivity contribution in [3.8, 4) is 11.5 Å². The number of anilines is 1. The molecule has 0 aliphatic carbocycles. The second-order valence-electron chi connectivity index (χ2n) is 10.2. The summed E-state index contributed by atoms with van der Waals surface area (Å²) in [6.07, 6.45) is 0. The summed E-state index contributed by atoms with van der Waals surface area (Å²) in [7, 11) is -0.118. The molecule has 1 aliphatic heterocycles. The standard InChI is InChI=1S/C36H32NO3P/c1-25-11-8-9-16-33(25)41(38)36-26(2)12-10-15-32(36)34(27-17-21-30(39-3)22-18-27)35(28-19-23-31(40-4)24-20-28)37(41)29-13-6-5-7-14-29/h5-24H,1-4H3. The normalized spacial score (nSPS) is 16.3. The van der Waals surface area contributed by atoms with Crippen molar-refractivity contribution in [1.29, 1.82) is 0 Å². The summed E-state index contributed by atoms with van der Waals surface area (Å²) in [5.74, 6) is 1.55. The van der Waals surface area contributed by atoms with Crippen molar-refractivity contribution in [1.82, 2.24) is 0 Å². The zero-order chi connectivity index (χ0) is 28.6. The Morgan fingerprint density at radius 1 is 0.585 bits per heavy atom. The largest absolute Gasteiger partial charge is 0.497 e. The molecule has 1 atom stereocenters. The van der Waals surface area contributed by atoms with Crippen molar-refractivity contribution < 1.29 is 14.0 Å². The third kappa shape index (κ3) is 4.45. The van der Waals surface area contributed by atoms with Crippen molar-refractivity contribution in [2.75, 3.05) is 18.9 Å². The van der Waals surface area contributed by atoms with Gasteiger partial charge in [-0.1, -0.05) is 66.7 Å². The fraction of sp³-hybridized carbons (Fsp3) is 0.111. The van der Waals surface area contributed by atoms with Gasteiger partial charge in [0, 0.05) is 21.9 Å². The quantitative estimate of drug-likeness (QED) is 0.198. The maximum atomic E-state index is 16.3. The van der Waals surface area contributed by atoms with Gasteiger partial charge in [-0.15, -0.1) is 0 Å². The highest BCUT2D eigenvalue weighted by atomic mass is 31.2.